The van der Waals surface area contributed by atoms with Crippen molar-refractivity contribution in [2.24, 2.45) is 5.92 Å². The standard InChI is InChI=1S/C24H31FN6O/c1-5-21(32)29-12-14-30(15-13-29)23-22-17(4)28-31(19-9-7-18(25)8-10-19)24(22)27-20(26-23)11-6-16(2)3/h7-10,16H,5-6,11-15H2,1-4H3. The molecule has 1 fully saturated rings. The normalized spacial score (nSPS) is 14.6. The smallest absolute Gasteiger partial charge is 0.222 e. The average molecular weight is 439 g/mol. The molecule has 3 aromatic rings. The number of rotatable bonds is 6. The lowest BCUT2D eigenvalue weighted by molar-refractivity contribution is -0.131. The Labute approximate surface area is 188 Å². The van der Waals surface area contributed by atoms with Crippen LogP contribution >= 0.6 is 0 Å². The third-order valence-corrected chi connectivity index (χ3v) is 5.98. The van der Waals surface area contributed by atoms with Crippen molar-refractivity contribution in [1.29, 1.82) is 0 Å². The largest absolute Gasteiger partial charge is 0.352 e. The van der Waals surface area contributed by atoms with Crippen LogP contribution in [-0.4, -0.2) is 56.7 Å². The first-order valence-electron chi connectivity index (χ1n) is 11.4. The minimum absolute atomic E-state index is 0.190. The lowest BCUT2D eigenvalue weighted by Gasteiger charge is -2.35. The number of anilines is 1. The molecule has 0 spiro atoms. The Morgan fingerprint density at radius 3 is 2.41 bits per heavy atom. The van der Waals surface area contributed by atoms with Gasteiger partial charge in [0.2, 0.25) is 5.91 Å². The molecule has 1 aromatic carbocycles. The van der Waals surface area contributed by atoms with Crippen LogP contribution in [0.2, 0.25) is 0 Å². The van der Waals surface area contributed by atoms with E-state index in [2.05, 4.69) is 18.7 Å². The first-order valence-corrected chi connectivity index (χ1v) is 11.4. The number of nitrogens with zero attached hydrogens (tertiary/aromatic N) is 6. The first kappa shape index (κ1) is 22.2. The third-order valence-electron chi connectivity index (χ3n) is 5.98. The highest BCUT2D eigenvalue weighted by Gasteiger charge is 2.26. The summed E-state index contributed by atoms with van der Waals surface area (Å²) in [5.41, 5.74) is 2.34. The van der Waals surface area contributed by atoms with Crippen molar-refractivity contribution in [1.82, 2.24) is 24.6 Å². The van der Waals surface area contributed by atoms with Crippen LogP contribution < -0.4 is 4.90 Å². The number of aryl methyl sites for hydroxylation is 2. The Bertz CT molecular complexity index is 1100. The second-order valence-electron chi connectivity index (χ2n) is 8.79. The molecule has 4 rings (SSSR count). The maximum atomic E-state index is 13.5. The van der Waals surface area contributed by atoms with Crippen molar-refractivity contribution in [2.75, 3.05) is 31.1 Å². The Hall–Kier alpha value is -3.03. The quantitative estimate of drug-likeness (QED) is 0.584. The van der Waals surface area contributed by atoms with E-state index in [0.717, 1.165) is 60.0 Å². The molecule has 32 heavy (non-hydrogen) atoms. The highest BCUT2D eigenvalue weighted by Crippen LogP contribution is 2.30. The van der Waals surface area contributed by atoms with Crippen LogP contribution in [0.3, 0.4) is 0 Å². The van der Waals surface area contributed by atoms with E-state index in [4.69, 9.17) is 15.1 Å². The number of hydrogen-bond acceptors (Lipinski definition) is 5. The van der Waals surface area contributed by atoms with Gasteiger partial charge >= 0.3 is 0 Å². The van der Waals surface area contributed by atoms with E-state index in [1.807, 2.05) is 18.7 Å². The third kappa shape index (κ3) is 4.45. The predicted octanol–water partition coefficient (Wildman–Crippen LogP) is 3.91. The van der Waals surface area contributed by atoms with Gasteiger partial charge in [-0.05, 0) is 43.5 Å². The molecular weight excluding hydrogens is 407 g/mol. The Morgan fingerprint density at radius 2 is 1.78 bits per heavy atom. The fraction of sp³-hybridized carbons (Fsp3) is 0.500. The van der Waals surface area contributed by atoms with E-state index in [-0.39, 0.29) is 11.7 Å². The summed E-state index contributed by atoms with van der Waals surface area (Å²) < 4.78 is 15.3. The summed E-state index contributed by atoms with van der Waals surface area (Å²) in [7, 11) is 0. The second-order valence-corrected chi connectivity index (χ2v) is 8.79. The number of piperazine rings is 1. The van der Waals surface area contributed by atoms with Gasteiger partial charge in [-0.15, -0.1) is 0 Å². The monoisotopic (exact) mass is 438 g/mol. The molecule has 1 aliphatic rings. The highest BCUT2D eigenvalue weighted by atomic mass is 19.1. The van der Waals surface area contributed by atoms with Crippen molar-refractivity contribution in [3.05, 3.63) is 41.6 Å². The summed E-state index contributed by atoms with van der Waals surface area (Å²) >= 11 is 0. The second kappa shape index (κ2) is 9.22. The van der Waals surface area contributed by atoms with Gasteiger partial charge in [0, 0.05) is 39.0 Å². The maximum absolute atomic E-state index is 13.5. The fourth-order valence-corrected chi connectivity index (χ4v) is 4.12. The number of hydrogen-bond donors (Lipinski definition) is 0. The zero-order valence-corrected chi connectivity index (χ0v) is 19.3. The summed E-state index contributed by atoms with van der Waals surface area (Å²) in [5, 5.41) is 5.65. The molecule has 3 heterocycles. The van der Waals surface area contributed by atoms with E-state index in [1.54, 1.807) is 16.8 Å². The fourth-order valence-electron chi connectivity index (χ4n) is 4.12. The molecule has 8 heteroatoms. The van der Waals surface area contributed by atoms with Gasteiger partial charge in [0.05, 0.1) is 16.8 Å². The van der Waals surface area contributed by atoms with E-state index in [0.29, 0.717) is 25.4 Å². The number of halogens is 1. The van der Waals surface area contributed by atoms with Gasteiger partial charge in [0.25, 0.3) is 0 Å². The van der Waals surface area contributed by atoms with E-state index >= 15 is 0 Å². The van der Waals surface area contributed by atoms with E-state index in [1.165, 1.54) is 12.1 Å². The molecule has 0 unspecified atom stereocenters. The van der Waals surface area contributed by atoms with Crippen molar-refractivity contribution < 1.29 is 9.18 Å². The Kier molecular flexibility index (Phi) is 6.39. The van der Waals surface area contributed by atoms with E-state index < -0.39 is 0 Å². The van der Waals surface area contributed by atoms with Crippen LogP contribution in [0.25, 0.3) is 16.7 Å². The molecule has 1 aliphatic heterocycles. The molecule has 170 valence electrons. The van der Waals surface area contributed by atoms with Crippen LogP contribution in [0.1, 0.15) is 45.1 Å². The SMILES string of the molecule is CCC(=O)N1CCN(c2nc(CCC(C)C)nc3c2c(C)nn3-c2ccc(F)cc2)CC1. The van der Waals surface area contributed by atoms with Crippen LogP contribution in [0.15, 0.2) is 24.3 Å². The van der Waals surface area contributed by atoms with Crippen LogP contribution in [0.5, 0.6) is 0 Å². The minimum Gasteiger partial charge on any atom is -0.352 e. The van der Waals surface area contributed by atoms with Crippen molar-refractivity contribution in [3.63, 3.8) is 0 Å². The van der Waals surface area contributed by atoms with Crippen molar-refractivity contribution in [2.45, 2.75) is 47.0 Å². The lowest BCUT2D eigenvalue weighted by Crippen LogP contribution is -2.49. The van der Waals surface area contributed by atoms with E-state index in [9.17, 15) is 9.18 Å². The molecule has 0 radical (unpaired) electrons. The number of amides is 1. The van der Waals surface area contributed by atoms with Crippen LogP contribution in [0.4, 0.5) is 10.2 Å². The molecule has 0 saturated carbocycles. The van der Waals surface area contributed by atoms with Gasteiger partial charge in [0.15, 0.2) is 5.65 Å². The van der Waals surface area contributed by atoms with Crippen LogP contribution in [-0.2, 0) is 11.2 Å². The zero-order chi connectivity index (χ0) is 22.8. The molecule has 0 aliphatic carbocycles. The average Bonchev–Trinajstić information content (AvgIpc) is 3.13. The molecule has 0 bridgehead atoms. The van der Waals surface area contributed by atoms with Gasteiger partial charge < -0.3 is 9.80 Å². The molecule has 0 atom stereocenters. The predicted molar refractivity (Wildman–Crippen MR) is 124 cm³/mol. The lowest BCUT2D eigenvalue weighted by atomic mass is 10.1. The van der Waals surface area contributed by atoms with Gasteiger partial charge in [-0.1, -0.05) is 20.8 Å². The molecule has 0 N–H and O–H groups in total. The highest BCUT2D eigenvalue weighted by molar-refractivity contribution is 5.91. The minimum atomic E-state index is -0.283. The van der Waals surface area contributed by atoms with Gasteiger partial charge in [-0.25, -0.2) is 19.0 Å². The van der Waals surface area contributed by atoms with Crippen molar-refractivity contribution >= 4 is 22.8 Å². The van der Waals surface area contributed by atoms with Crippen LogP contribution in [0, 0.1) is 18.7 Å². The first-order chi connectivity index (χ1) is 15.4. The topological polar surface area (TPSA) is 67.2 Å². The number of aromatic nitrogens is 4. The summed E-state index contributed by atoms with van der Waals surface area (Å²) in [5.74, 6) is 2.12. The molecule has 1 saturated heterocycles. The maximum Gasteiger partial charge on any atom is 0.222 e. The van der Waals surface area contributed by atoms with Gasteiger partial charge in [-0.3, -0.25) is 4.79 Å². The number of fused-ring (bicyclic) bond motifs is 1. The van der Waals surface area contributed by atoms with Gasteiger partial charge in [0.1, 0.15) is 17.5 Å². The molecule has 7 nitrogen and oxygen atoms in total. The summed E-state index contributed by atoms with van der Waals surface area (Å²) in [6.07, 6.45) is 2.30. The molecular formula is C24H31FN6O. The van der Waals surface area contributed by atoms with Gasteiger partial charge in [-0.2, -0.15) is 5.10 Å². The Balaban J connectivity index is 1.77. The number of carbonyl (C=O) groups excluding carboxylic acids is 1. The molecule has 1 amide bonds. The number of carbonyl (C=O) groups is 1. The zero-order valence-electron chi connectivity index (χ0n) is 19.3. The number of benzene rings is 1. The van der Waals surface area contributed by atoms with Crippen molar-refractivity contribution in [3.8, 4) is 5.69 Å². The summed E-state index contributed by atoms with van der Waals surface area (Å²) in [6.45, 7) is 11.1. The molecule has 2 aromatic heterocycles. The summed E-state index contributed by atoms with van der Waals surface area (Å²) in [4.78, 5) is 26.1. The Morgan fingerprint density at radius 1 is 1.09 bits per heavy atom. The summed E-state index contributed by atoms with van der Waals surface area (Å²) in [6, 6.07) is 6.30.